The van der Waals surface area contributed by atoms with Crippen LogP contribution in [0.3, 0.4) is 0 Å². The molecule has 0 aliphatic rings. The third-order valence-electron chi connectivity index (χ3n) is 1.42. The van der Waals surface area contributed by atoms with Gasteiger partial charge in [-0.15, -0.1) is 0 Å². The minimum Gasteiger partial charge on any atom is -0.504 e. The van der Waals surface area contributed by atoms with Gasteiger partial charge in [-0.3, -0.25) is 4.72 Å². The Morgan fingerprint density at radius 1 is 1.62 bits per heavy atom. The second kappa shape index (κ2) is 3.61. The molecule has 0 aromatic carbocycles. The molecular weight excluding hydrogens is 192 g/mol. The van der Waals surface area contributed by atoms with E-state index in [0.717, 1.165) is 0 Å². The molecule has 2 N–H and O–H groups in total. The van der Waals surface area contributed by atoms with Crippen LogP contribution < -0.4 is 4.72 Å². The molecule has 0 saturated heterocycles. The summed E-state index contributed by atoms with van der Waals surface area (Å²) < 4.78 is 24.3. The van der Waals surface area contributed by atoms with E-state index in [1.807, 2.05) is 0 Å². The van der Waals surface area contributed by atoms with Crippen LogP contribution in [0.5, 0.6) is 5.75 Å². The maximum atomic E-state index is 11.1. The third kappa shape index (κ3) is 2.59. The van der Waals surface area contributed by atoms with Crippen molar-refractivity contribution < 1.29 is 13.5 Å². The predicted octanol–water partition coefficient (Wildman–Crippen LogP) is 0.549. The lowest BCUT2D eigenvalue weighted by atomic mass is 10.4. The number of pyridine rings is 1. The summed E-state index contributed by atoms with van der Waals surface area (Å²) >= 11 is 0. The van der Waals surface area contributed by atoms with E-state index < -0.39 is 10.0 Å². The van der Waals surface area contributed by atoms with Crippen LogP contribution >= 0.6 is 0 Å². The Morgan fingerprint density at radius 2 is 2.31 bits per heavy atom. The minimum absolute atomic E-state index is 0.0376. The number of anilines is 1. The predicted molar refractivity (Wildman–Crippen MR) is 49.0 cm³/mol. The molecule has 0 atom stereocenters. The lowest BCUT2D eigenvalue weighted by molar-refractivity contribution is 0.475. The van der Waals surface area contributed by atoms with Crippen molar-refractivity contribution in [3.05, 3.63) is 18.3 Å². The fourth-order valence-electron chi connectivity index (χ4n) is 0.695. The maximum absolute atomic E-state index is 11.1. The monoisotopic (exact) mass is 202 g/mol. The van der Waals surface area contributed by atoms with E-state index in [-0.39, 0.29) is 17.3 Å². The molecule has 0 aliphatic carbocycles. The van der Waals surface area contributed by atoms with Crippen molar-refractivity contribution in [3.8, 4) is 5.75 Å². The molecule has 0 aliphatic heterocycles. The molecule has 13 heavy (non-hydrogen) atoms. The smallest absolute Gasteiger partial charge is 0.233 e. The summed E-state index contributed by atoms with van der Waals surface area (Å²) in [6.45, 7) is 1.50. The molecule has 0 saturated carbocycles. The fraction of sp³-hybridized carbons (Fsp3) is 0.286. The zero-order valence-electron chi connectivity index (χ0n) is 7.06. The lowest BCUT2D eigenvalue weighted by Crippen LogP contribution is -2.15. The normalized spacial score (nSPS) is 11.2. The summed E-state index contributed by atoms with van der Waals surface area (Å²) in [5.74, 6) is -0.271. The Balaban J connectivity index is 2.93. The first-order valence-electron chi connectivity index (χ1n) is 3.69. The average Bonchev–Trinajstić information content (AvgIpc) is 2.09. The molecule has 0 bridgehead atoms. The van der Waals surface area contributed by atoms with Crippen LogP contribution in [0, 0.1) is 0 Å². The van der Waals surface area contributed by atoms with Gasteiger partial charge in [0.2, 0.25) is 10.0 Å². The van der Waals surface area contributed by atoms with E-state index in [1.54, 1.807) is 0 Å². The van der Waals surface area contributed by atoms with Crippen LogP contribution in [0.4, 0.5) is 5.82 Å². The average molecular weight is 202 g/mol. The van der Waals surface area contributed by atoms with Crippen molar-refractivity contribution >= 4 is 15.8 Å². The molecule has 1 aromatic heterocycles. The number of hydrogen-bond acceptors (Lipinski definition) is 4. The van der Waals surface area contributed by atoms with E-state index in [1.165, 1.54) is 25.3 Å². The van der Waals surface area contributed by atoms with Crippen LogP contribution in [0.1, 0.15) is 6.92 Å². The standard InChI is InChI=1S/C7H10N2O3S/c1-2-13(11,12)9-7-6(10)4-3-5-8-7/h3-5,10H,2H2,1H3,(H,8,9). The highest BCUT2D eigenvalue weighted by molar-refractivity contribution is 7.92. The SMILES string of the molecule is CCS(=O)(=O)Nc1ncccc1O. The van der Waals surface area contributed by atoms with Gasteiger partial charge >= 0.3 is 0 Å². The van der Waals surface area contributed by atoms with Gasteiger partial charge in [-0.05, 0) is 19.1 Å². The molecule has 0 spiro atoms. The lowest BCUT2D eigenvalue weighted by Gasteiger charge is -2.05. The Kier molecular flexibility index (Phi) is 2.72. The van der Waals surface area contributed by atoms with E-state index in [0.29, 0.717) is 0 Å². The number of sulfonamides is 1. The van der Waals surface area contributed by atoms with Crippen molar-refractivity contribution in [2.45, 2.75) is 6.92 Å². The Morgan fingerprint density at radius 3 is 2.85 bits per heavy atom. The second-order valence-corrected chi connectivity index (χ2v) is 4.39. The van der Waals surface area contributed by atoms with E-state index >= 15 is 0 Å². The zero-order chi connectivity index (χ0) is 9.90. The van der Waals surface area contributed by atoms with Crippen LogP contribution in [0.25, 0.3) is 0 Å². The molecule has 0 amide bonds. The van der Waals surface area contributed by atoms with Crippen molar-refractivity contribution in [2.24, 2.45) is 0 Å². The first-order valence-corrected chi connectivity index (χ1v) is 5.35. The fourth-order valence-corrected chi connectivity index (χ4v) is 1.29. The van der Waals surface area contributed by atoms with Crippen molar-refractivity contribution in [2.75, 3.05) is 10.5 Å². The Labute approximate surface area is 76.5 Å². The summed E-state index contributed by atoms with van der Waals surface area (Å²) in [6, 6.07) is 2.87. The maximum Gasteiger partial charge on any atom is 0.233 e. The second-order valence-electron chi connectivity index (χ2n) is 2.38. The minimum atomic E-state index is -3.37. The molecule has 1 aromatic rings. The molecule has 72 valence electrons. The molecule has 0 unspecified atom stereocenters. The highest BCUT2D eigenvalue weighted by Crippen LogP contribution is 2.19. The zero-order valence-corrected chi connectivity index (χ0v) is 7.87. The Hall–Kier alpha value is -1.30. The van der Waals surface area contributed by atoms with Crippen molar-refractivity contribution in [1.29, 1.82) is 0 Å². The largest absolute Gasteiger partial charge is 0.504 e. The first kappa shape index (κ1) is 9.79. The summed E-state index contributed by atoms with van der Waals surface area (Å²) in [5, 5.41) is 9.18. The van der Waals surface area contributed by atoms with Gasteiger partial charge in [0.25, 0.3) is 0 Å². The number of hydrogen-bond donors (Lipinski definition) is 2. The van der Waals surface area contributed by atoms with Crippen molar-refractivity contribution in [3.63, 3.8) is 0 Å². The molecule has 5 nitrogen and oxygen atoms in total. The molecule has 1 heterocycles. The van der Waals surface area contributed by atoms with Crippen LogP contribution in [0.15, 0.2) is 18.3 Å². The number of aromatic nitrogens is 1. The quantitative estimate of drug-likeness (QED) is 0.750. The summed E-state index contributed by atoms with van der Waals surface area (Å²) in [5.41, 5.74) is 0. The highest BCUT2D eigenvalue weighted by Gasteiger charge is 2.09. The highest BCUT2D eigenvalue weighted by atomic mass is 32.2. The van der Waals surface area contributed by atoms with E-state index in [9.17, 15) is 13.5 Å². The van der Waals surface area contributed by atoms with Gasteiger partial charge in [-0.25, -0.2) is 13.4 Å². The Bertz CT molecular complexity index is 388. The summed E-state index contributed by atoms with van der Waals surface area (Å²) in [6.07, 6.45) is 1.40. The van der Waals surface area contributed by atoms with Crippen LogP contribution in [-0.2, 0) is 10.0 Å². The first-order chi connectivity index (χ1) is 6.05. The van der Waals surface area contributed by atoms with Gasteiger partial charge in [0, 0.05) is 6.20 Å². The molecular formula is C7H10N2O3S. The van der Waals surface area contributed by atoms with Crippen molar-refractivity contribution in [1.82, 2.24) is 4.98 Å². The van der Waals surface area contributed by atoms with Gasteiger partial charge in [0.05, 0.1) is 5.75 Å². The summed E-state index contributed by atoms with van der Waals surface area (Å²) in [4.78, 5) is 3.67. The molecule has 0 radical (unpaired) electrons. The number of rotatable bonds is 3. The summed E-state index contributed by atoms with van der Waals surface area (Å²) in [7, 11) is -3.37. The van der Waals surface area contributed by atoms with Gasteiger partial charge < -0.3 is 5.11 Å². The van der Waals surface area contributed by atoms with Crippen LogP contribution in [-0.4, -0.2) is 24.3 Å². The number of aromatic hydroxyl groups is 1. The van der Waals surface area contributed by atoms with Gasteiger partial charge in [-0.2, -0.15) is 0 Å². The third-order valence-corrected chi connectivity index (χ3v) is 2.68. The van der Waals surface area contributed by atoms with Crippen LogP contribution in [0.2, 0.25) is 0 Å². The van der Waals surface area contributed by atoms with Gasteiger partial charge in [0.1, 0.15) is 0 Å². The topological polar surface area (TPSA) is 79.3 Å². The molecule has 1 rings (SSSR count). The number of nitrogens with one attached hydrogen (secondary N) is 1. The number of nitrogens with zero attached hydrogens (tertiary/aromatic N) is 1. The van der Waals surface area contributed by atoms with E-state index in [4.69, 9.17) is 0 Å². The van der Waals surface area contributed by atoms with E-state index in [2.05, 4.69) is 9.71 Å². The molecule has 0 fully saturated rings. The molecule has 6 heteroatoms. The van der Waals surface area contributed by atoms with Gasteiger partial charge in [-0.1, -0.05) is 0 Å². The van der Waals surface area contributed by atoms with Gasteiger partial charge in [0.15, 0.2) is 11.6 Å².